The van der Waals surface area contributed by atoms with Gasteiger partial charge in [-0.05, 0) is 18.9 Å². The zero-order valence-electron chi connectivity index (χ0n) is 8.86. The van der Waals surface area contributed by atoms with Crippen LogP contribution in [-0.2, 0) is 4.79 Å². The molecule has 4 heteroatoms. The number of carbonyl (C=O) groups is 1. The molecule has 0 spiro atoms. The molecular formula is C11H16N2O2. The highest BCUT2D eigenvalue weighted by atomic mass is 16.3. The summed E-state index contributed by atoms with van der Waals surface area (Å²) in [7, 11) is 1.75. The van der Waals surface area contributed by atoms with Crippen molar-refractivity contribution >= 4 is 11.6 Å². The number of amides is 1. The Bertz CT molecular complexity index is 336. The summed E-state index contributed by atoms with van der Waals surface area (Å²) in [5.74, 6) is 0.0239. The molecule has 1 heterocycles. The molecule has 82 valence electrons. The Morgan fingerprint density at radius 2 is 2.40 bits per heavy atom. The van der Waals surface area contributed by atoms with Crippen molar-refractivity contribution in [3.8, 4) is 0 Å². The molecule has 0 unspecified atom stereocenters. The monoisotopic (exact) mass is 208 g/mol. The van der Waals surface area contributed by atoms with Gasteiger partial charge in [-0.2, -0.15) is 0 Å². The minimum absolute atomic E-state index is 0.0239. The second-order valence-electron chi connectivity index (χ2n) is 4.23. The van der Waals surface area contributed by atoms with Crippen molar-refractivity contribution in [2.75, 3.05) is 18.6 Å². The molecule has 15 heavy (non-hydrogen) atoms. The van der Waals surface area contributed by atoms with Crippen LogP contribution in [-0.4, -0.2) is 29.7 Å². The van der Waals surface area contributed by atoms with Gasteiger partial charge in [-0.25, -0.2) is 0 Å². The molecule has 1 aliphatic carbocycles. The lowest BCUT2D eigenvalue weighted by atomic mass is 9.68. The average molecular weight is 208 g/mol. The summed E-state index contributed by atoms with van der Waals surface area (Å²) in [5.41, 5.74) is 0.339. The van der Waals surface area contributed by atoms with Crippen molar-refractivity contribution in [2.45, 2.75) is 19.3 Å². The first-order valence-electron chi connectivity index (χ1n) is 5.21. The van der Waals surface area contributed by atoms with Crippen LogP contribution in [0.3, 0.4) is 0 Å². The second-order valence-corrected chi connectivity index (χ2v) is 4.23. The van der Waals surface area contributed by atoms with E-state index >= 15 is 0 Å². The molecule has 0 atom stereocenters. The average Bonchev–Trinajstić information content (AvgIpc) is 2.68. The molecule has 1 aromatic rings. The van der Waals surface area contributed by atoms with Crippen LogP contribution in [0, 0.1) is 5.41 Å². The Balaban J connectivity index is 2.14. The Hall–Kier alpha value is -1.29. The molecule has 1 fully saturated rings. The van der Waals surface area contributed by atoms with Gasteiger partial charge in [0.2, 0.25) is 5.91 Å². The number of aliphatic hydroxyl groups is 1. The Morgan fingerprint density at radius 1 is 1.67 bits per heavy atom. The smallest absolute Gasteiger partial charge is 0.235 e. The Morgan fingerprint density at radius 3 is 2.80 bits per heavy atom. The van der Waals surface area contributed by atoms with Crippen molar-refractivity contribution in [1.82, 2.24) is 4.98 Å². The molecular weight excluding hydrogens is 192 g/mol. The van der Waals surface area contributed by atoms with Crippen LogP contribution in [0.5, 0.6) is 0 Å². The number of aliphatic hydroxyl groups excluding tert-OH is 1. The number of hydrogen-bond donors (Lipinski definition) is 2. The first-order valence-corrected chi connectivity index (χ1v) is 5.21. The molecule has 0 aromatic carbocycles. The molecule has 1 saturated carbocycles. The molecule has 4 nitrogen and oxygen atoms in total. The number of aromatic amines is 1. The summed E-state index contributed by atoms with van der Waals surface area (Å²) in [6.45, 7) is -0.0411. The van der Waals surface area contributed by atoms with Crippen LogP contribution in [0.15, 0.2) is 18.5 Å². The number of nitrogens with zero attached hydrogens (tertiary/aromatic N) is 1. The van der Waals surface area contributed by atoms with Crippen LogP contribution in [0.4, 0.5) is 5.69 Å². The zero-order chi connectivity index (χ0) is 10.9. The fourth-order valence-electron chi connectivity index (χ4n) is 2.04. The number of carbonyl (C=O) groups excluding carboxylic acids is 1. The highest BCUT2D eigenvalue weighted by Gasteiger charge is 2.45. The fraction of sp³-hybridized carbons (Fsp3) is 0.545. The normalized spacial score (nSPS) is 18.3. The number of aromatic nitrogens is 1. The van der Waals surface area contributed by atoms with Gasteiger partial charge in [0.25, 0.3) is 0 Å². The third kappa shape index (κ3) is 1.55. The summed E-state index contributed by atoms with van der Waals surface area (Å²) >= 11 is 0. The lowest BCUT2D eigenvalue weighted by molar-refractivity contribution is -0.136. The lowest BCUT2D eigenvalue weighted by Crippen LogP contribution is -2.48. The van der Waals surface area contributed by atoms with Crippen LogP contribution in [0.25, 0.3) is 0 Å². The lowest BCUT2D eigenvalue weighted by Gasteiger charge is -2.40. The minimum Gasteiger partial charge on any atom is -0.395 e. The highest BCUT2D eigenvalue weighted by Crippen LogP contribution is 2.42. The summed E-state index contributed by atoms with van der Waals surface area (Å²) in [5, 5.41) is 9.30. The first-order chi connectivity index (χ1) is 7.19. The van der Waals surface area contributed by atoms with Crippen molar-refractivity contribution in [1.29, 1.82) is 0 Å². The number of rotatable bonds is 3. The number of nitrogens with one attached hydrogen (secondary N) is 1. The maximum absolute atomic E-state index is 12.1. The van der Waals surface area contributed by atoms with Crippen LogP contribution in [0.1, 0.15) is 19.3 Å². The van der Waals surface area contributed by atoms with Crippen molar-refractivity contribution < 1.29 is 9.90 Å². The van der Waals surface area contributed by atoms with E-state index in [9.17, 15) is 9.90 Å². The van der Waals surface area contributed by atoms with Gasteiger partial charge in [0, 0.05) is 19.4 Å². The third-order valence-electron chi connectivity index (χ3n) is 3.34. The standard InChI is InChI=1S/C11H16N2O2/c1-13(9-3-6-12-7-9)10(15)11(8-14)4-2-5-11/h3,6-7,12,14H,2,4-5,8H2,1H3. The Labute approximate surface area is 88.9 Å². The molecule has 1 aromatic heterocycles. The summed E-state index contributed by atoms with van der Waals surface area (Å²) in [6.07, 6.45) is 6.20. The maximum Gasteiger partial charge on any atom is 0.235 e. The fourth-order valence-corrected chi connectivity index (χ4v) is 2.04. The number of anilines is 1. The van der Waals surface area contributed by atoms with Crippen molar-refractivity contribution in [3.05, 3.63) is 18.5 Å². The summed E-state index contributed by atoms with van der Waals surface area (Å²) < 4.78 is 0. The van der Waals surface area contributed by atoms with Gasteiger partial charge in [0.1, 0.15) is 0 Å². The molecule has 0 bridgehead atoms. The van der Waals surface area contributed by atoms with Crippen LogP contribution >= 0.6 is 0 Å². The van der Waals surface area contributed by atoms with E-state index in [0.717, 1.165) is 24.9 Å². The van der Waals surface area contributed by atoms with Crippen LogP contribution in [0.2, 0.25) is 0 Å². The van der Waals surface area contributed by atoms with E-state index < -0.39 is 5.41 Å². The molecule has 2 N–H and O–H groups in total. The van der Waals surface area contributed by atoms with E-state index in [1.54, 1.807) is 24.3 Å². The van der Waals surface area contributed by atoms with Crippen LogP contribution < -0.4 is 4.90 Å². The van der Waals surface area contributed by atoms with Gasteiger partial charge in [-0.1, -0.05) is 6.42 Å². The molecule has 1 aliphatic rings. The van der Waals surface area contributed by atoms with Gasteiger partial charge in [-0.15, -0.1) is 0 Å². The topological polar surface area (TPSA) is 56.3 Å². The largest absolute Gasteiger partial charge is 0.395 e. The molecule has 0 saturated heterocycles. The minimum atomic E-state index is -0.508. The molecule has 0 radical (unpaired) electrons. The maximum atomic E-state index is 12.1. The van der Waals surface area contributed by atoms with E-state index in [4.69, 9.17) is 0 Å². The SMILES string of the molecule is CN(C(=O)C1(CO)CCC1)c1cc[nH]c1. The third-order valence-corrected chi connectivity index (χ3v) is 3.34. The second kappa shape index (κ2) is 3.70. The van der Waals surface area contributed by atoms with Gasteiger partial charge in [-0.3, -0.25) is 4.79 Å². The first kappa shape index (κ1) is 10.2. The van der Waals surface area contributed by atoms with Gasteiger partial charge >= 0.3 is 0 Å². The van der Waals surface area contributed by atoms with Crippen molar-refractivity contribution in [3.63, 3.8) is 0 Å². The summed E-state index contributed by atoms with van der Waals surface area (Å²) in [6, 6.07) is 1.85. The molecule has 1 amide bonds. The number of H-pyrrole nitrogens is 1. The highest BCUT2D eigenvalue weighted by molar-refractivity contribution is 5.97. The Kier molecular flexibility index (Phi) is 2.52. The molecule has 2 rings (SSSR count). The number of hydrogen-bond acceptors (Lipinski definition) is 2. The van der Waals surface area contributed by atoms with E-state index in [1.807, 2.05) is 6.07 Å². The quantitative estimate of drug-likeness (QED) is 0.782. The van der Waals surface area contributed by atoms with E-state index in [-0.39, 0.29) is 12.5 Å². The summed E-state index contributed by atoms with van der Waals surface area (Å²) in [4.78, 5) is 16.7. The van der Waals surface area contributed by atoms with Crippen molar-refractivity contribution in [2.24, 2.45) is 5.41 Å². The predicted octanol–water partition coefficient (Wildman–Crippen LogP) is 1.14. The zero-order valence-corrected chi connectivity index (χ0v) is 8.86. The van der Waals surface area contributed by atoms with E-state index in [0.29, 0.717) is 0 Å². The van der Waals surface area contributed by atoms with Gasteiger partial charge in [0.05, 0.1) is 17.7 Å². The van der Waals surface area contributed by atoms with E-state index in [1.165, 1.54) is 0 Å². The van der Waals surface area contributed by atoms with Gasteiger partial charge < -0.3 is 15.0 Å². The van der Waals surface area contributed by atoms with Gasteiger partial charge in [0.15, 0.2) is 0 Å². The molecule has 0 aliphatic heterocycles. The van der Waals surface area contributed by atoms with E-state index in [2.05, 4.69) is 4.98 Å². The predicted molar refractivity (Wildman–Crippen MR) is 57.6 cm³/mol.